The lowest BCUT2D eigenvalue weighted by Gasteiger charge is -2.05. The Balaban J connectivity index is 3.09. The van der Waals surface area contributed by atoms with Gasteiger partial charge in [0.2, 0.25) is 0 Å². The molecular weight excluding hydrogens is 378 g/mol. The smallest absolute Gasteiger partial charge is 0.324 e. The summed E-state index contributed by atoms with van der Waals surface area (Å²) < 4.78 is 25.6. The van der Waals surface area contributed by atoms with E-state index in [0.29, 0.717) is 12.8 Å². The number of hydrogen-bond acceptors (Lipinski definition) is 3. The molecule has 4 N–H and O–H groups in total. The van der Waals surface area contributed by atoms with Gasteiger partial charge in [0, 0.05) is 6.16 Å². The molecule has 0 aromatic rings. The fourth-order valence-corrected chi connectivity index (χ4v) is 3.90. The Morgan fingerprint density at radius 2 is 0.808 bits per heavy atom. The quantitative estimate of drug-likeness (QED) is 0.170. The van der Waals surface area contributed by atoms with E-state index < -0.39 is 15.4 Å². The van der Waals surface area contributed by atoms with Gasteiger partial charge < -0.3 is 19.6 Å². The lowest BCUT2D eigenvalue weighted by Crippen LogP contribution is -1.92. The number of phosphoric acid groups is 1. The summed E-state index contributed by atoms with van der Waals surface area (Å²) in [7, 11) is -8.09. The van der Waals surface area contributed by atoms with Gasteiger partial charge in [-0.25, -0.2) is 4.57 Å². The van der Waals surface area contributed by atoms with Gasteiger partial charge in [-0.1, -0.05) is 83.5 Å². The van der Waals surface area contributed by atoms with Gasteiger partial charge in [-0.3, -0.25) is 9.09 Å². The average Bonchev–Trinajstić information content (AvgIpc) is 2.51. The average molecular weight is 416 g/mol. The summed E-state index contributed by atoms with van der Waals surface area (Å²) in [6.45, 7) is 0.133. The molecule has 0 aliphatic rings. The molecule has 0 radical (unpaired) electrons. The topological polar surface area (TPSA) is 124 Å². The zero-order valence-corrected chi connectivity index (χ0v) is 17.7. The number of hydrogen-bond donors (Lipinski definition) is 4. The predicted molar refractivity (Wildman–Crippen MR) is 104 cm³/mol. The first-order chi connectivity index (χ1) is 12.2. The van der Waals surface area contributed by atoms with Crippen LogP contribution in [0.1, 0.15) is 96.3 Å². The van der Waals surface area contributed by atoms with Crippen molar-refractivity contribution in [1.29, 1.82) is 0 Å². The van der Waals surface area contributed by atoms with Gasteiger partial charge >= 0.3 is 15.4 Å². The molecule has 7 nitrogen and oxygen atoms in total. The van der Waals surface area contributed by atoms with Gasteiger partial charge in [0.15, 0.2) is 0 Å². The zero-order valence-electron chi connectivity index (χ0n) is 15.9. The van der Waals surface area contributed by atoms with Crippen molar-refractivity contribution in [2.24, 2.45) is 0 Å². The number of rotatable bonds is 19. The van der Waals surface area contributed by atoms with Crippen LogP contribution in [-0.4, -0.2) is 32.3 Å². The summed E-state index contributed by atoms with van der Waals surface area (Å²) >= 11 is 0. The molecule has 0 amide bonds. The first-order valence-electron chi connectivity index (χ1n) is 9.95. The third-order valence-corrected chi connectivity index (χ3v) is 5.77. The first-order valence-corrected chi connectivity index (χ1v) is 13.3. The van der Waals surface area contributed by atoms with Crippen LogP contribution in [0.3, 0.4) is 0 Å². The van der Waals surface area contributed by atoms with E-state index in [4.69, 9.17) is 19.6 Å². The third kappa shape index (κ3) is 24.3. The number of phosphoric ester groups is 1. The van der Waals surface area contributed by atoms with Gasteiger partial charge in [-0.2, -0.15) is 0 Å². The second kappa shape index (κ2) is 16.2. The van der Waals surface area contributed by atoms with E-state index >= 15 is 0 Å². The summed E-state index contributed by atoms with van der Waals surface area (Å²) in [4.78, 5) is 34.6. The molecule has 158 valence electrons. The largest absolute Gasteiger partial charge is 0.469 e. The van der Waals surface area contributed by atoms with E-state index in [1.165, 1.54) is 51.4 Å². The van der Waals surface area contributed by atoms with Crippen LogP contribution in [0.25, 0.3) is 0 Å². The van der Waals surface area contributed by atoms with E-state index in [9.17, 15) is 9.13 Å². The van der Waals surface area contributed by atoms with Gasteiger partial charge in [0.1, 0.15) is 0 Å². The Labute approximate surface area is 158 Å². The highest BCUT2D eigenvalue weighted by molar-refractivity contribution is 7.51. The van der Waals surface area contributed by atoms with E-state index in [1.54, 1.807) is 0 Å². The van der Waals surface area contributed by atoms with Crippen molar-refractivity contribution in [3.05, 3.63) is 0 Å². The molecule has 9 heteroatoms. The molecule has 0 atom stereocenters. The van der Waals surface area contributed by atoms with E-state index in [-0.39, 0.29) is 12.8 Å². The minimum Gasteiger partial charge on any atom is -0.324 e. The van der Waals surface area contributed by atoms with Gasteiger partial charge in [0.25, 0.3) is 0 Å². The Hall–Kier alpha value is 0.260. The summed E-state index contributed by atoms with van der Waals surface area (Å²) in [6, 6.07) is 0. The highest BCUT2D eigenvalue weighted by Crippen LogP contribution is 2.36. The molecule has 0 fully saturated rings. The Kier molecular flexibility index (Phi) is 16.4. The molecule has 0 saturated heterocycles. The lowest BCUT2D eigenvalue weighted by atomic mass is 10.0. The zero-order chi connectivity index (χ0) is 19.7. The maximum atomic E-state index is 10.7. The molecule has 0 aliphatic carbocycles. The maximum absolute atomic E-state index is 10.7. The van der Waals surface area contributed by atoms with Crippen LogP contribution in [0.5, 0.6) is 0 Å². The van der Waals surface area contributed by atoms with Crippen molar-refractivity contribution < 1.29 is 33.2 Å². The van der Waals surface area contributed by atoms with Gasteiger partial charge in [-0.05, 0) is 12.8 Å². The summed E-state index contributed by atoms with van der Waals surface area (Å²) in [5, 5.41) is 0. The molecule has 0 aromatic carbocycles. The molecule has 0 bridgehead atoms. The molecule has 0 rings (SSSR count). The Morgan fingerprint density at radius 1 is 0.500 bits per heavy atom. The van der Waals surface area contributed by atoms with Crippen LogP contribution in [0, 0.1) is 0 Å². The SMILES string of the molecule is O=P(O)(O)CCCCCCCCCCCCCCCCCOP(=O)(O)O. The molecule has 0 spiro atoms. The van der Waals surface area contributed by atoms with E-state index in [0.717, 1.165) is 32.1 Å². The second-order valence-electron chi connectivity index (χ2n) is 7.02. The van der Waals surface area contributed by atoms with Crippen LogP contribution in [0.4, 0.5) is 0 Å². The van der Waals surface area contributed by atoms with Crippen molar-refractivity contribution >= 4 is 15.4 Å². The minimum atomic E-state index is -4.29. The first kappa shape index (κ1) is 26.3. The van der Waals surface area contributed by atoms with Crippen molar-refractivity contribution in [2.45, 2.75) is 96.3 Å². The molecule has 0 aliphatic heterocycles. The van der Waals surface area contributed by atoms with Gasteiger partial charge in [-0.15, -0.1) is 0 Å². The fraction of sp³-hybridized carbons (Fsp3) is 1.00. The standard InChI is InChI=1S/C17H38O7P2/c18-25(19,20)17-15-13-11-9-7-5-3-1-2-4-6-8-10-12-14-16-24-26(21,22)23/h1-17H2,(H2,18,19,20)(H2,21,22,23). The van der Waals surface area contributed by atoms with E-state index in [2.05, 4.69) is 4.52 Å². The van der Waals surface area contributed by atoms with Crippen LogP contribution in [0.15, 0.2) is 0 Å². The normalized spacial score (nSPS) is 12.6. The lowest BCUT2D eigenvalue weighted by molar-refractivity contribution is 0.193. The van der Waals surface area contributed by atoms with Crippen molar-refractivity contribution in [2.75, 3.05) is 12.8 Å². The van der Waals surface area contributed by atoms with Gasteiger partial charge in [0.05, 0.1) is 6.61 Å². The predicted octanol–water partition coefficient (Wildman–Crippen LogP) is 5.12. The highest BCUT2D eigenvalue weighted by Gasteiger charge is 2.12. The molecule has 0 aromatic heterocycles. The van der Waals surface area contributed by atoms with Crippen molar-refractivity contribution in [3.63, 3.8) is 0 Å². The van der Waals surface area contributed by atoms with Crippen molar-refractivity contribution in [3.8, 4) is 0 Å². The molecule has 0 unspecified atom stereocenters. The summed E-state index contributed by atoms with van der Waals surface area (Å²) in [5.41, 5.74) is 0. The maximum Gasteiger partial charge on any atom is 0.469 e. The number of unbranched alkanes of at least 4 members (excludes halogenated alkanes) is 14. The van der Waals surface area contributed by atoms with Crippen molar-refractivity contribution in [1.82, 2.24) is 0 Å². The molecule has 26 heavy (non-hydrogen) atoms. The summed E-state index contributed by atoms with van der Waals surface area (Å²) in [5.74, 6) is 0. The van der Waals surface area contributed by atoms with Crippen LogP contribution < -0.4 is 0 Å². The summed E-state index contributed by atoms with van der Waals surface area (Å²) in [6.07, 6.45) is 16.4. The van der Waals surface area contributed by atoms with Crippen LogP contribution in [0.2, 0.25) is 0 Å². The molecule has 0 saturated carbocycles. The molecule has 0 heterocycles. The second-order valence-corrected chi connectivity index (χ2v) is 10.0. The van der Waals surface area contributed by atoms with Crippen LogP contribution >= 0.6 is 15.4 Å². The Bertz CT molecular complexity index is 368. The highest BCUT2D eigenvalue weighted by atomic mass is 31.2. The molecular formula is C17H38O7P2. The Morgan fingerprint density at radius 3 is 1.12 bits per heavy atom. The van der Waals surface area contributed by atoms with E-state index in [1.807, 2.05) is 0 Å². The third-order valence-electron chi connectivity index (χ3n) is 4.35. The fourth-order valence-electron chi connectivity index (χ4n) is 2.90. The van der Waals surface area contributed by atoms with Crippen LogP contribution in [-0.2, 0) is 13.7 Å². The minimum absolute atomic E-state index is 0.0220. The monoisotopic (exact) mass is 416 g/mol.